The van der Waals surface area contributed by atoms with E-state index in [9.17, 15) is 9.59 Å². The number of anilines is 1. The first-order valence-corrected chi connectivity index (χ1v) is 10.8. The molecule has 0 saturated carbocycles. The van der Waals surface area contributed by atoms with Crippen molar-refractivity contribution in [3.63, 3.8) is 0 Å². The van der Waals surface area contributed by atoms with Crippen LogP contribution in [0.3, 0.4) is 0 Å². The normalized spacial score (nSPS) is 13.0. The standard InChI is InChI=1S/C25H35N3O2/c1-7-18(4)19-8-10-20(11-9-19)24(17(2)3)26-16-23(29)27-22-14-12-21(13-15-22)25(30)28(5)6/h8-15,17-18,24,26H,7,16H2,1-6H3,(H,27,29)/p+1/t18-,24-/m1/s1. The summed E-state index contributed by atoms with van der Waals surface area (Å²) in [5.74, 6) is 0.859. The fourth-order valence-electron chi connectivity index (χ4n) is 3.48. The Bertz CT molecular complexity index is 826. The van der Waals surface area contributed by atoms with Gasteiger partial charge in [0.25, 0.3) is 11.8 Å². The third-order valence-corrected chi connectivity index (χ3v) is 5.60. The number of hydrogen-bond acceptors (Lipinski definition) is 2. The number of benzene rings is 2. The molecule has 0 spiro atoms. The molecule has 5 heteroatoms. The molecular weight excluding hydrogens is 374 g/mol. The summed E-state index contributed by atoms with van der Waals surface area (Å²) in [6, 6.07) is 16.0. The van der Waals surface area contributed by atoms with Gasteiger partial charge in [0.05, 0.1) is 0 Å². The number of hydrogen-bond donors (Lipinski definition) is 2. The highest BCUT2D eigenvalue weighted by Crippen LogP contribution is 2.23. The summed E-state index contributed by atoms with van der Waals surface area (Å²) in [6.07, 6.45) is 1.13. The van der Waals surface area contributed by atoms with Crippen molar-refractivity contribution in [3.05, 3.63) is 65.2 Å². The summed E-state index contributed by atoms with van der Waals surface area (Å²) in [4.78, 5) is 26.0. The third kappa shape index (κ3) is 6.42. The molecule has 0 heterocycles. The Morgan fingerprint density at radius 2 is 1.50 bits per heavy atom. The van der Waals surface area contributed by atoms with Gasteiger partial charge in [0.1, 0.15) is 6.04 Å². The zero-order valence-electron chi connectivity index (χ0n) is 19.1. The zero-order valence-corrected chi connectivity index (χ0v) is 19.1. The fraction of sp³-hybridized carbons (Fsp3) is 0.440. The van der Waals surface area contributed by atoms with Gasteiger partial charge < -0.3 is 15.5 Å². The van der Waals surface area contributed by atoms with Crippen molar-refractivity contribution in [2.24, 2.45) is 5.92 Å². The van der Waals surface area contributed by atoms with Crippen LogP contribution in [-0.2, 0) is 4.79 Å². The van der Waals surface area contributed by atoms with E-state index in [4.69, 9.17) is 0 Å². The summed E-state index contributed by atoms with van der Waals surface area (Å²) in [5, 5.41) is 5.02. The SMILES string of the molecule is CC[C@@H](C)c1ccc([C@H]([NH2+]CC(=O)Nc2ccc(C(=O)N(C)C)cc2)C(C)C)cc1. The van der Waals surface area contributed by atoms with Crippen LogP contribution in [0.25, 0.3) is 0 Å². The van der Waals surface area contributed by atoms with Gasteiger partial charge in [-0.15, -0.1) is 0 Å². The number of amides is 2. The minimum absolute atomic E-state index is 0.0523. The Hall–Kier alpha value is -2.66. The van der Waals surface area contributed by atoms with Crippen molar-refractivity contribution >= 4 is 17.5 Å². The third-order valence-electron chi connectivity index (χ3n) is 5.60. The minimum Gasteiger partial charge on any atom is -0.345 e. The Morgan fingerprint density at radius 3 is 2.00 bits per heavy atom. The second-order valence-electron chi connectivity index (χ2n) is 8.51. The average Bonchev–Trinajstić information content (AvgIpc) is 2.73. The number of nitrogens with two attached hydrogens (primary N) is 1. The van der Waals surface area contributed by atoms with Crippen LogP contribution >= 0.6 is 0 Å². The second-order valence-corrected chi connectivity index (χ2v) is 8.51. The number of rotatable bonds is 9. The molecule has 162 valence electrons. The van der Waals surface area contributed by atoms with Crippen molar-refractivity contribution in [3.8, 4) is 0 Å². The Morgan fingerprint density at radius 1 is 0.933 bits per heavy atom. The van der Waals surface area contributed by atoms with E-state index in [0.29, 0.717) is 29.6 Å². The van der Waals surface area contributed by atoms with Crippen LogP contribution in [0.4, 0.5) is 5.69 Å². The Kier molecular flexibility index (Phi) is 8.60. The van der Waals surface area contributed by atoms with Crippen molar-refractivity contribution in [2.75, 3.05) is 26.0 Å². The van der Waals surface area contributed by atoms with Gasteiger partial charge in [-0.3, -0.25) is 9.59 Å². The van der Waals surface area contributed by atoms with Crippen LogP contribution in [0, 0.1) is 5.92 Å². The molecule has 0 saturated heterocycles. The lowest BCUT2D eigenvalue weighted by Crippen LogP contribution is -2.88. The molecule has 0 radical (unpaired) electrons. The molecule has 2 amide bonds. The molecule has 0 bridgehead atoms. The lowest BCUT2D eigenvalue weighted by Gasteiger charge is -2.20. The maximum Gasteiger partial charge on any atom is 0.279 e. The van der Waals surface area contributed by atoms with Crippen molar-refractivity contribution in [2.45, 2.75) is 46.1 Å². The van der Waals surface area contributed by atoms with E-state index in [2.05, 4.69) is 62.6 Å². The summed E-state index contributed by atoms with van der Waals surface area (Å²) < 4.78 is 0. The monoisotopic (exact) mass is 410 g/mol. The number of carbonyl (C=O) groups excluding carboxylic acids is 2. The molecule has 2 rings (SSSR count). The second kappa shape index (κ2) is 10.9. The number of nitrogens with zero attached hydrogens (tertiary/aromatic N) is 1. The van der Waals surface area contributed by atoms with Gasteiger partial charge in [0.15, 0.2) is 6.54 Å². The maximum absolute atomic E-state index is 12.5. The van der Waals surface area contributed by atoms with Gasteiger partial charge in [-0.2, -0.15) is 0 Å². The zero-order chi connectivity index (χ0) is 22.3. The predicted molar refractivity (Wildman–Crippen MR) is 123 cm³/mol. The molecule has 0 aromatic heterocycles. The fourth-order valence-corrected chi connectivity index (χ4v) is 3.48. The molecule has 3 N–H and O–H groups in total. The molecule has 5 nitrogen and oxygen atoms in total. The van der Waals surface area contributed by atoms with Crippen LogP contribution in [0.15, 0.2) is 48.5 Å². The molecular formula is C25H36N3O2+. The number of quaternary nitrogens is 1. The van der Waals surface area contributed by atoms with E-state index < -0.39 is 0 Å². The number of nitrogens with one attached hydrogen (secondary N) is 1. The molecule has 0 aliphatic heterocycles. The minimum atomic E-state index is -0.0552. The molecule has 2 aromatic rings. The van der Waals surface area contributed by atoms with Gasteiger partial charge in [-0.1, -0.05) is 52.0 Å². The predicted octanol–water partition coefficient (Wildman–Crippen LogP) is 3.80. The topological polar surface area (TPSA) is 66.0 Å². The van der Waals surface area contributed by atoms with Crippen molar-refractivity contribution in [1.29, 1.82) is 0 Å². The van der Waals surface area contributed by atoms with Crippen molar-refractivity contribution < 1.29 is 14.9 Å². The van der Waals surface area contributed by atoms with E-state index in [1.165, 1.54) is 16.0 Å². The van der Waals surface area contributed by atoms with Gasteiger partial charge in [0.2, 0.25) is 0 Å². The van der Waals surface area contributed by atoms with Crippen LogP contribution in [-0.4, -0.2) is 37.4 Å². The van der Waals surface area contributed by atoms with Gasteiger partial charge in [-0.05, 0) is 42.2 Å². The van der Waals surface area contributed by atoms with Crippen LogP contribution in [0.1, 0.15) is 67.6 Å². The van der Waals surface area contributed by atoms with Crippen LogP contribution < -0.4 is 10.6 Å². The summed E-state index contributed by atoms with van der Waals surface area (Å²) in [7, 11) is 3.44. The largest absolute Gasteiger partial charge is 0.345 e. The van der Waals surface area contributed by atoms with E-state index in [1.807, 2.05) is 0 Å². The molecule has 0 aliphatic carbocycles. The van der Waals surface area contributed by atoms with E-state index in [0.717, 1.165) is 6.42 Å². The molecule has 2 aromatic carbocycles. The van der Waals surface area contributed by atoms with E-state index in [1.54, 1.807) is 38.4 Å². The summed E-state index contributed by atoms with van der Waals surface area (Å²) in [5.41, 5.74) is 3.90. The highest BCUT2D eigenvalue weighted by Gasteiger charge is 2.21. The van der Waals surface area contributed by atoms with E-state index in [-0.39, 0.29) is 17.9 Å². The summed E-state index contributed by atoms with van der Waals surface area (Å²) in [6.45, 7) is 9.16. The van der Waals surface area contributed by atoms with E-state index >= 15 is 0 Å². The first-order chi connectivity index (χ1) is 14.2. The van der Waals surface area contributed by atoms with Crippen LogP contribution in [0.2, 0.25) is 0 Å². The van der Waals surface area contributed by atoms with Crippen LogP contribution in [0.5, 0.6) is 0 Å². The quantitative estimate of drug-likeness (QED) is 0.660. The van der Waals surface area contributed by atoms with Crippen molar-refractivity contribution in [1.82, 2.24) is 4.90 Å². The lowest BCUT2D eigenvalue weighted by molar-refractivity contribution is -0.692. The molecule has 30 heavy (non-hydrogen) atoms. The molecule has 0 fully saturated rings. The first-order valence-electron chi connectivity index (χ1n) is 10.8. The smallest absolute Gasteiger partial charge is 0.279 e. The van der Waals surface area contributed by atoms with Gasteiger partial charge in [-0.25, -0.2) is 0 Å². The highest BCUT2D eigenvalue weighted by molar-refractivity contribution is 5.95. The highest BCUT2D eigenvalue weighted by atomic mass is 16.2. The van der Waals surface area contributed by atoms with Gasteiger partial charge >= 0.3 is 0 Å². The molecule has 0 aliphatic rings. The number of carbonyl (C=O) groups is 2. The Balaban J connectivity index is 1.96. The van der Waals surface area contributed by atoms with Gasteiger partial charge in [0, 0.05) is 36.8 Å². The first kappa shape index (κ1) is 23.6. The molecule has 0 unspecified atom stereocenters. The molecule has 2 atom stereocenters. The lowest BCUT2D eigenvalue weighted by atomic mass is 9.92. The Labute approximate surface area is 180 Å². The maximum atomic E-state index is 12.5. The summed E-state index contributed by atoms with van der Waals surface area (Å²) >= 11 is 0. The average molecular weight is 411 g/mol.